The molecular formula is C19H23NO8S. The number of esters is 2. The van der Waals surface area contributed by atoms with Crippen LogP contribution in [0.5, 0.6) is 5.75 Å². The summed E-state index contributed by atoms with van der Waals surface area (Å²) in [5.41, 5.74) is 0.0382. The van der Waals surface area contributed by atoms with Crippen LogP contribution in [0.25, 0.3) is 0 Å². The fraction of sp³-hybridized carbons (Fsp3) is 0.368. The van der Waals surface area contributed by atoms with Crippen LogP contribution in [0.4, 0.5) is 0 Å². The minimum Gasteiger partial charge on any atom is -0.495 e. The SMILES string of the molecule is CCN(CC)S(=O)(=O)c1cc(C(=O)OCc2ccc(C(=O)OC)o2)ccc1OC. The zero-order valence-corrected chi connectivity index (χ0v) is 17.4. The molecule has 10 heteroatoms. The highest BCUT2D eigenvalue weighted by atomic mass is 32.2. The maximum absolute atomic E-state index is 12.9. The number of carbonyl (C=O) groups is 2. The van der Waals surface area contributed by atoms with Crippen molar-refractivity contribution in [3.63, 3.8) is 0 Å². The van der Waals surface area contributed by atoms with Gasteiger partial charge in [0.15, 0.2) is 0 Å². The number of hydrogen-bond acceptors (Lipinski definition) is 8. The summed E-state index contributed by atoms with van der Waals surface area (Å²) in [4.78, 5) is 23.7. The summed E-state index contributed by atoms with van der Waals surface area (Å²) in [6.45, 7) is 3.75. The Bertz CT molecular complexity index is 976. The molecule has 0 saturated heterocycles. The molecule has 0 atom stereocenters. The van der Waals surface area contributed by atoms with E-state index in [1.807, 2.05) is 0 Å². The second-order valence-corrected chi connectivity index (χ2v) is 7.69. The molecule has 1 aromatic carbocycles. The van der Waals surface area contributed by atoms with Gasteiger partial charge in [0.05, 0.1) is 19.8 Å². The zero-order valence-electron chi connectivity index (χ0n) is 16.6. The van der Waals surface area contributed by atoms with Crippen molar-refractivity contribution < 1.29 is 36.6 Å². The summed E-state index contributed by atoms with van der Waals surface area (Å²) < 4.78 is 47.1. The normalized spacial score (nSPS) is 11.3. The molecule has 0 fully saturated rings. The number of sulfonamides is 1. The first-order chi connectivity index (χ1) is 13.8. The van der Waals surface area contributed by atoms with E-state index in [1.165, 1.54) is 48.9 Å². The number of carbonyl (C=O) groups excluding carboxylic acids is 2. The molecule has 0 aliphatic heterocycles. The third-order valence-electron chi connectivity index (χ3n) is 4.12. The minimum atomic E-state index is -3.85. The molecule has 0 spiro atoms. The van der Waals surface area contributed by atoms with Crippen LogP contribution in [0.15, 0.2) is 39.6 Å². The minimum absolute atomic E-state index is 0.0180. The van der Waals surface area contributed by atoms with Crippen LogP contribution in [0.3, 0.4) is 0 Å². The average Bonchev–Trinajstić information content (AvgIpc) is 3.20. The topological polar surface area (TPSA) is 112 Å². The maximum Gasteiger partial charge on any atom is 0.373 e. The van der Waals surface area contributed by atoms with E-state index in [9.17, 15) is 18.0 Å². The zero-order chi connectivity index (χ0) is 21.6. The number of nitrogens with zero attached hydrogens (tertiary/aromatic N) is 1. The Morgan fingerprint density at radius 3 is 2.31 bits per heavy atom. The predicted octanol–water partition coefficient (Wildman–Crippen LogP) is 2.46. The molecule has 0 aliphatic carbocycles. The van der Waals surface area contributed by atoms with Gasteiger partial charge in [-0.1, -0.05) is 13.8 Å². The molecule has 1 aromatic heterocycles. The number of hydrogen-bond donors (Lipinski definition) is 0. The van der Waals surface area contributed by atoms with Crippen molar-refractivity contribution in [2.75, 3.05) is 27.3 Å². The monoisotopic (exact) mass is 425 g/mol. The number of benzene rings is 1. The van der Waals surface area contributed by atoms with Gasteiger partial charge in [-0.25, -0.2) is 18.0 Å². The van der Waals surface area contributed by atoms with Crippen LogP contribution in [-0.4, -0.2) is 52.0 Å². The van der Waals surface area contributed by atoms with Gasteiger partial charge in [-0.3, -0.25) is 0 Å². The smallest absolute Gasteiger partial charge is 0.373 e. The Hall–Kier alpha value is -2.85. The quantitative estimate of drug-likeness (QED) is 0.563. The fourth-order valence-corrected chi connectivity index (χ4v) is 4.23. The maximum atomic E-state index is 12.9. The van der Waals surface area contributed by atoms with Gasteiger partial charge in [0.25, 0.3) is 0 Å². The van der Waals surface area contributed by atoms with Crippen molar-refractivity contribution in [2.24, 2.45) is 0 Å². The third kappa shape index (κ3) is 4.96. The van der Waals surface area contributed by atoms with Crippen molar-refractivity contribution in [1.29, 1.82) is 0 Å². The van der Waals surface area contributed by atoms with E-state index in [2.05, 4.69) is 4.74 Å². The molecular weight excluding hydrogens is 402 g/mol. The Morgan fingerprint density at radius 1 is 1.03 bits per heavy atom. The van der Waals surface area contributed by atoms with Crippen molar-refractivity contribution in [3.05, 3.63) is 47.4 Å². The van der Waals surface area contributed by atoms with Crippen LogP contribution in [0.1, 0.15) is 40.5 Å². The number of methoxy groups -OCH3 is 2. The molecule has 9 nitrogen and oxygen atoms in total. The molecule has 2 aromatic rings. The molecule has 0 unspecified atom stereocenters. The van der Waals surface area contributed by atoms with E-state index >= 15 is 0 Å². The lowest BCUT2D eigenvalue weighted by molar-refractivity contribution is 0.0438. The van der Waals surface area contributed by atoms with Crippen LogP contribution in [0.2, 0.25) is 0 Å². The highest BCUT2D eigenvalue weighted by molar-refractivity contribution is 7.89. The predicted molar refractivity (Wildman–Crippen MR) is 102 cm³/mol. The number of ether oxygens (including phenoxy) is 3. The second-order valence-electron chi connectivity index (χ2n) is 5.79. The summed E-state index contributed by atoms with van der Waals surface area (Å²) >= 11 is 0. The molecule has 0 amide bonds. The molecule has 0 N–H and O–H groups in total. The Morgan fingerprint density at radius 2 is 1.72 bits per heavy atom. The average molecular weight is 425 g/mol. The van der Waals surface area contributed by atoms with Gasteiger partial charge in [0, 0.05) is 13.1 Å². The van der Waals surface area contributed by atoms with Crippen LogP contribution >= 0.6 is 0 Å². The third-order valence-corrected chi connectivity index (χ3v) is 6.19. The van der Waals surface area contributed by atoms with E-state index in [4.69, 9.17) is 13.9 Å². The van der Waals surface area contributed by atoms with Gasteiger partial charge < -0.3 is 18.6 Å². The molecule has 0 aliphatic rings. The summed E-state index contributed by atoms with van der Waals surface area (Å²) in [6, 6.07) is 6.90. The van der Waals surface area contributed by atoms with Crippen molar-refractivity contribution >= 4 is 22.0 Å². The molecule has 0 bridgehead atoms. The van der Waals surface area contributed by atoms with E-state index in [0.717, 1.165) is 0 Å². The van der Waals surface area contributed by atoms with E-state index in [1.54, 1.807) is 13.8 Å². The second kappa shape index (κ2) is 9.57. The van der Waals surface area contributed by atoms with Gasteiger partial charge in [0.2, 0.25) is 15.8 Å². The number of furan rings is 1. The lowest BCUT2D eigenvalue weighted by atomic mass is 10.2. The van der Waals surface area contributed by atoms with E-state index in [0.29, 0.717) is 0 Å². The largest absolute Gasteiger partial charge is 0.495 e. The van der Waals surface area contributed by atoms with Gasteiger partial charge in [-0.15, -0.1) is 0 Å². The lowest BCUT2D eigenvalue weighted by Gasteiger charge is -2.20. The Kier molecular flexibility index (Phi) is 7.40. The molecule has 0 saturated carbocycles. The standard InChI is InChI=1S/C19H23NO8S/c1-5-20(6-2)29(23,24)17-11-13(7-9-15(17)25-3)18(21)27-12-14-8-10-16(28-14)19(22)26-4/h7-11H,5-6,12H2,1-4H3. The highest BCUT2D eigenvalue weighted by Gasteiger charge is 2.27. The fourth-order valence-electron chi connectivity index (χ4n) is 2.59. The number of rotatable bonds is 9. The summed E-state index contributed by atoms with van der Waals surface area (Å²) in [7, 11) is -1.27. The van der Waals surface area contributed by atoms with E-state index in [-0.39, 0.29) is 47.4 Å². The summed E-state index contributed by atoms with van der Waals surface area (Å²) in [5, 5.41) is 0. The molecule has 29 heavy (non-hydrogen) atoms. The van der Waals surface area contributed by atoms with Crippen molar-refractivity contribution in [1.82, 2.24) is 4.31 Å². The molecule has 158 valence electrons. The molecule has 1 heterocycles. The van der Waals surface area contributed by atoms with Crippen LogP contribution < -0.4 is 4.74 Å². The van der Waals surface area contributed by atoms with Gasteiger partial charge in [-0.2, -0.15) is 4.31 Å². The Balaban J connectivity index is 2.23. The summed E-state index contributed by atoms with van der Waals surface area (Å²) in [6.07, 6.45) is 0. The van der Waals surface area contributed by atoms with Gasteiger partial charge in [0.1, 0.15) is 23.0 Å². The lowest BCUT2D eigenvalue weighted by Crippen LogP contribution is -2.31. The Labute approximate surface area is 169 Å². The molecule has 0 radical (unpaired) electrons. The molecule has 2 rings (SSSR count). The van der Waals surface area contributed by atoms with Gasteiger partial charge >= 0.3 is 11.9 Å². The highest BCUT2D eigenvalue weighted by Crippen LogP contribution is 2.28. The van der Waals surface area contributed by atoms with Crippen LogP contribution in [0, 0.1) is 0 Å². The van der Waals surface area contributed by atoms with Crippen molar-refractivity contribution in [2.45, 2.75) is 25.3 Å². The summed E-state index contributed by atoms with van der Waals surface area (Å²) in [5.74, 6) is -1.05. The van der Waals surface area contributed by atoms with E-state index < -0.39 is 22.0 Å². The first kappa shape index (κ1) is 22.4. The van der Waals surface area contributed by atoms with Gasteiger partial charge in [-0.05, 0) is 30.3 Å². The first-order valence-electron chi connectivity index (χ1n) is 8.80. The van der Waals surface area contributed by atoms with Crippen molar-refractivity contribution in [3.8, 4) is 5.75 Å². The van der Waals surface area contributed by atoms with Crippen LogP contribution in [-0.2, 0) is 26.1 Å². The first-order valence-corrected chi connectivity index (χ1v) is 10.2.